The SMILES string of the molecule is CCOCCCN1C(=O)C(Sc2ccccc2)=C(c2ccc(F)cc2)C1=O. The van der Waals surface area contributed by atoms with Gasteiger partial charge in [-0.1, -0.05) is 42.1 Å². The quantitative estimate of drug-likeness (QED) is 0.506. The number of amides is 2. The number of hydrogen-bond acceptors (Lipinski definition) is 4. The Morgan fingerprint density at radius 2 is 1.70 bits per heavy atom. The molecule has 2 amide bonds. The van der Waals surface area contributed by atoms with Crippen LogP contribution in [0.5, 0.6) is 0 Å². The van der Waals surface area contributed by atoms with Gasteiger partial charge in [0.25, 0.3) is 11.8 Å². The molecule has 27 heavy (non-hydrogen) atoms. The average Bonchev–Trinajstić information content (AvgIpc) is 2.91. The highest BCUT2D eigenvalue weighted by atomic mass is 32.2. The predicted octanol–water partition coefficient (Wildman–Crippen LogP) is 4.12. The second-order valence-electron chi connectivity index (χ2n) is 5.94. The summed E-state index contributed by atoms with van der Waals surface area (Å²) >= 11 is 1.26. The summed E-state index contributed by atoms with van der Waals surface area (Å²) in [5.41, 5.74) is 0.866. The van der Waals surface area contributed by atoms with E-state index in [2.05, 4.69) is 0 Å². The predicted molar refractivity (Wildman–Crippen MR) is 103 cm³/mol. The molecule has 0 fully saturated rings. The topological polar surface area (TPSA) is 46.6 Å². The van der Waals surface area contributed by atoms with E-state index in [1.807, 2.05) is 37.3 Å². The summed E-state index contributed by atoms with van der Waals surface area (Å²) < 4.78 is 18.6. The third kappa shape index (κ3) is 4.46. The van der Waals surface area contributed by atoms with Crippen LogP contribution in [-0.2, 0) is 14.3 Å². The molecule has 0 unspecified atom stereocenters. The Morgan fingerprint density at radius 1 is 1.00 bits per heavy atom. The number of carbonyl (C=O) groups excluding carboxylic acids is 2. The van der Waals surface area contributed by atoms with Crippen LogP contribution in [0, 0.1) is 5.82 Å². The molecule has 0 N–H and O–H groups in total. The van der Waals surface area contributed by atoms with Gasteiger partial charge in [-0.15, -0.1) is 0 Å². The van der Waals surface area contributed by atoms with Crippen LogP contribution in [-0.4, -0.2) is 36.5 Å². The Balaban J connectivity index is 1.92. The second-order valence-corrected chi connectivity index (χ2v) is 7.02. The van der Waals surface area contributed by atoms with Crippen molar-refractivity contribution in [2.24, 2.45) is 0 Å². The van der Waals surface area contributed by atoms with Crippen molar-refractivity contribution >= 4 is 29.1 Å². The van der Waals surface area contributed by atoms with Crippen LogP contribution in [0.15, 0.2) is 64.4 Å². The molecule has 2 aromatic rings. The van der Waals surface area contributed by atoms with Gasteiger partial charge in [0.1, 0.15) is 5.82 Å². The zero-order valence-corrected chi connectivity index (χ0v) is 15.8. The molecule has 0 radical (unpaired) electrons. The number of thioether (sulfide) groups is 1. The molecular weight excluding hydrogens is 365 g/mol. The first-order chi connectivity index (χ1) is 13.1. The first kappa shape index (κ1) is 19.3. The van der Waals surface area contributed by atoms with Crippen LogP contribution >= 0.6 is 11.8 Å². The van der Waals surface area contributed by atoms with E-state index >= 15 is 0 Å². The van der Waals surface area contributed by atoms with Gasteiger partial charge in [0.05, 0.1) is 10.5 Å². The van der Waals surface area contributed by atoms with Crippen molar-refractivity contribution in [3.63, 3.8) is 0 Å². The lowest BCUT2D eigenvalue weighted by atomic mass is 10.1. The van der Waals surface area contributed by atoms with Crippen LogP contribution in [0.2, 0.25) is 0 Å². The molecule has 3 rings (SSSR count). The minimum Gasteiger partial charge on any atom is -0.382 e. The van der Waals surface area contributed by atoms with Crippen molar-refractivity contribution in [1.29, 1.82) is 0 Å². The minimum absolute atomic E-state index is 0.293. The normalized spacial score (nSPS) is 14.4. The lowest BCUT2D eigenvalue weighted by Gasteiger charge is -2.15. The first-order valence-corrected chi connectivity index (χ1v) is 9.60. The van der Waals surface area contributed by atoms with E-state index in [9.17, 15) is 14.0 Å². The van der Waals surface area contributed by atoms with Crippen LogP contribution in [0.4, 0.5) is 4.39 Å². The van der Waals surface area contributed by atoms with Gasteiger partial charge in [-0.05, 0) is 43.2 Å². The smallest absolute Gasteiger partial charge is 0.268 e. The minimum atomic E-state index is -0.387. The van der Waals surface area contributed by atoms with E-state index < -0.39 is 0 Å². The molecule has 4 nitrogen and oxygen atoms in total. The fourth-order valence-corrected chi connectivity index (χ4v) is 3.83. The highest BCUT2D eigenvalue weighted by Gasteiger charge is 2.39. The van der Waals surface area contributed by atoms with Gasteiger partial charge >= 0.3 is 0 Å². The van der Waals surface area contributed by atoms with E-state index in [0.29, 0.717) is 42.2 Å². The lowest BCUT2D eigenvalue weighted by Crippen LogP contribution is -2.33. The molecule has 2 aromatic carbocycles. The van der Waals surface area contributed by atoms with E-state index in [4.69, 9.17) is 4.74 Å². The van der Waals surface area contributed by atoms with E-state index in [0.717, 1.165) is 4.90 Å². The molecule has 0 aliphatic carbocycles. The zero-order chi connectivity index (χ0) is 19.2. The number of imide groups is 1. The lowest BCUT2D eigenvalue weighted by molar-refractivity contribution is -0.136. The number of benzene rings is 2. The molecule has 0 saturated carbocycles. The van der Waals surface area contributed by atoms with Crippen LogP contribution in [0.3, 0.4) is 0 Å². The Labute approximate surface area is 162 Å². The maximum atomic E-state index is 13.3. The van der Waals surface area contributed by atoms with E-state index in [-0.39, 0.29) is 17.6 Å². The maximum Gasteiger partial charge on any atom is 0.268 e. The Kier molecular flexibility index (Phi) is 6.42. The summed E-state index contributed by atoms with van der Waals surface area (Å²) in [5, 5.41) is 0. The van der Waals surface area contributed by atoms with Crippen molar-refractivity contribution in [2.75, 3.05) is 19.8 Å². The third-order valence-corrected chi connectivity index (χ3v) is 5.19. The molecule has 0 saturated heterocycles. The van der Waals surface area contributed by atoms with Crippen molar-refractivity contribution < 1.29 is 18.7 Å². The highest BCUT2D eigenvalue weighted by molar-refractivity contribution is 8.04. The number of halogens is 1. The standard InChI is InChI=1S/C21H20FNO3S/c1-2-26-14-6-13-23-20(24)18(15-9-11-16(22)12-10-15)19(21(23)25)27-17-7-4-3-5-8-17/h3-5,7-12H,2,6,13-14H2,1H3. The van der Waals surface area contributed by atoms with Crippen molar-refractivity contribution in [3.05, 3.63) is 70.9 Å². The van der Waals surface area contributed by atoms with Gasteiger partial charge in [-0.3, -0.25) is 14.5 Å². The molecule has 1 aliphatic rings. The fourth-order valence-electron chi connectivity index (χ4n) is 2.80. The Bertz CT molecular complexity index is 849. The number of nitrogens with zero attached hydrogens (tertiary/aromatic N) is 1. The number of carbonyl (C=O) groups is 2. The van der Waals surface area contributed by atoms with Gasteiger partial charge in [0, 0.05) is 24.7 Å². The molecule has 0 atom stereocenters. The molecule has 1 aliphatic heterocycles. The fraction of sp³-hybridized carbons (Fsp3) is 0.238. The summed E-state index contributed by atoms with van der Waals surface area (Å²) in [7, 11) is 0. The summed E-state index contributed by atoms with van der Waals surface area (Å²) in [6.07, 6.45) is 0.575. The average molecular weight is 385 g/mol. The Hall–Kier alpha value is -2.44. The van der Waals surface area contributed by atoms with Crippen LogP contribution in [0.1, 0.15) is 18.9 Å². The summed E-state index contributed by atoms with van der Waals surface area (Å²) in [6.45, 7) is 3.27. The molecule has 6 heteroatoms. The van der Waals surface area contributed by atoms with E-state index in [1.165, 1.54) is 40.9 Å². The maximum absolute atomic E-state index is 13.3. The molecule has 0 aromatic heterocycles. The van der Waals surface area contributed by atoms with Crippen molar-refractivity contribution in [3.8, 4) is 0 Å². The third-order valence-electron chi connectivity index (χ3n) is 4.10. The van der Waals surface area contributed by atoms with Gasteiger partial charge in [-0.2, -0.15) is 0 Å². The highest BCUT2D eigenvalue weighted by Crippen LogP contribution is 2.39. The van der Waals surface area contributed by atoms with Gasteiger partial charge in [0.15, 0.2) is 0 Å². The summed E-state index contributed by atoms with van der Waals surface area (Å²) in [6, 6.07) is 15.1. The van der Waals surface area contributed by atoms with Crippen molar-refractivity contribution in [2.45, 2.75) is 18.2 Å². The number of hydrogen-bond donors (Lipinski definition) is 0. The molecule has 0 bridgehead atoms. The zero-order valence-electron chi connectivity index (χ0n) is 15.0. The second kappa shape index (κ2) is 8.97. The van der Waals surface area contributed by atoms with Crippen molar-refractivity contribution in [1.82, 2.24) is 4.90 Å². The first-order valence-electron chi connectivity index (χ1n) is 8.79. The van der Waals surface area contributed by atoms with Gasteiger partial charge in [0.2, 0.25) is 0 Å². The summed E-state index contributed by atoms with van der Waals surface area (Å²) in [4.78, 5) is 28.4. The van der Waals surface area contributed by atoms with Gasteiger partial charge in [-0.25, -0.2) is 4.39 Å². The Morgan fingerprint density at radius 3 is 2.37 bits per heavy atom. The van der Waals surface area contributed by atoms with E-state index in [1.54, 1.807) is 0 Å². The van der Waals surface area contributed by atoms with Crippen LogP contribution < -0.4 is 0 Å². The van der Waals surface area contributed by atoms with Gasteiger partial charge < -0.3 is 4.74 Å². The summed E-state index contributed by atoms with van der Waals surface area (Å²) in [5.74, 6) is -1.05. The molecule has 140 valence electrons. The molecular formula is C21H20FNO3S. The number of ether oxygens (including phenoxy) is 1. The molecule has 0 spiro atoms. The largest absolute Gasteiger partial charge is 0.382 e. The monoisotopic (exact) mass is 385 g/mol. The van der Waals surface area contributed by atoms with Crippen LogP contribution in [0.25, 0.3) is 5.57 Å². The molecule has 1 heterocycles. The number of rotatable bonds is 8.